The fraction of sp³-hybridized carbons (Fsp3) is 0.357. The lowest BCUT2D eigenvalue weighted by molar-refractivity contribution is 0.343. The monoisotopic (exact) mass is 261 g/mol. The van der Waals surface area contributed by atoms with E-state index in [1.807, 2.05) is 10.9 Å². The summed E-state index contributed by atoms with van der Waals surface area (Å²) >= 11 is 0. The number of aromatic nitrogens is 2. The molecule has 1 aliphatic heterocycles. The van der Waals surface area contributed by atoms with Crippen molar-refractivity contribution in [2.75, 3.05) is 13.1 Å². The number of aromatic hydroxyl groups is 1. The van der Waals surface area contributed by atoms with Gasteiger partial charge in [-0.2, -0.15) is 5.10 Å². The van der Waals surface area contributed by atoms with Crippen LogP contribution >= 0.6 is 0 Å². The van der Waals surface area contributed by atoms with Crippen LogP contribution in [0.2, 0.25) is 0 Å². The maximum Gasteiger partial charge on any atom is 0.172 e. The maximum atomic E-state index is 13.8. The summed E-state index contributed by atoms with van der Waals surface area (Å²) in [5.41, 5.74) is 1.09. The minimum atomic E-state index is -0.590. The Hall–Kier alpha value is -1.88. The molecule has 1 aromatic carbocycles. The predicted molar refractivity (Wildman–Crippen MR) is 70.4 cm³/mol. The topological polar surface area (TPSA) is 50.1 Å². The van der Waals surface area contributed by atoms with Gasteiger partial charge in [-0.3, -0.25) is 4.68 Å². The molecule has 0 radical (unpaired) electrons. The number of nitrogens with zero attached hydrogens (tertiary/aromatic N) is 2. The van der Waals surface area contributed by atoms with Gasteiger partial charge in [0.2, 0.25) is 0 Å². The van der Waals surface area contributed by atoms with E-state index in [1.165, 1.54) is 6.07 Å². The molecule has 100 valence electrons. The molecule has 4 nitrogen and oxygen atoms in total. The zero-order valence-electron chi connectivity index (χ0n) is 10.5. The van der Waals surface area contributed by atoms with Crippen molar-refractivity contribution in [1.29, 1.82) is 0 Å². The molecular formula is C14H16FN3O. The molecule has 0 amide bonds. The highest BCUT2D eigenvalue weighted by Crippen LogP contribution is 2.29. The van der Waals surface area contributed by atoms with Crippen molar-refractivity contribution >= 4 is 0 Å². The molecule has 19 heavy (non-hydrogen) atoms. The third kappa shape index (κ3) is 2.33. The van der Waals surface area contributed by atoms with Crippen molar-refractivity contribution in [1.82, 2.24) is 15.1 Å². The van der Waals surface area contributed by atoms with Crippen molar-refractivity contribution < 1.29 is 9.50 Å². The Morgan fingerprint density at radius 3 is 2.89 bits per heavy atom. The summed E-state index contributed by atoms with van der Waals surface area (Å²) in [6.45, 7) is 1.97. The minimum Gasteiger partial charge on any atom is -0.505 e. The molecule has 1 aromatic heterocycles. The average Bonchev–Trinajstić information content (AvgIpc) is 2.92. The second kappa shape index (κ2) is 5.01. The summed E-state index contributed by atoms with van der Waals surface area (Å²) in [6, 6.07) is 5.00. The molecule has 0 saturated carbocycles. The molecule has 0 bridgehead atoms. The molecule has 0 atom stereocenters. The van der Waals surface area contributed by atoms with Gasteiger partial charge in [-0.1, -0.05) is 12.1 Å². The van der Waals surface area contributed by atoms with Crippen molar-refractivity contribution in [3.05, 3.63) is 36.4 Å². The molecule has 1 aliphatic rings. The number of hydrogen-bond donors (Lipinski definition) is 2. The lowest BCUT2D eigenvalue weighted by atomic mass is 10.1. The first-order valence-corrected chi connectivity index (χ1v) is 6.48. The van der Waals surface area contributed by atoms with Gasteiger partial charge < -0.3 is 10.4 Å². The van der Waals surface area contributed by atoms with Crippen LogP contribution in [-0.4, -0.2) is 28.0 Å². The molecule has 3 rings (SSSR count). The zero-order chi connectivity index (χ0) is 13.2. The minimum absolute atomic E-state index is 0.327. The van der Waals surface area contributed by atoms with E-state index in [9.17, 15) is 9.50 Å². The number of phenols is 1. The summed E-state index contributed by atoms with van der Waals surface area (Å²) < 4.78 is 15.7. The molecule has 5 heteroatoms. The largest absolute Gasteiger partial charge is 0.505 e. The van der Waals surface area contributed by atoms with Crippen LogP contribution in [0.5, 0.6) is 5.75 Å². The van der Waals surface area contributed by atoms with Crippen LogP contribution in [0.15, 0.2) is 30.6 Å². The fourth-order valence-corrected chi connectivity index (χ4v) is 2.49. The average molecular weight is 261 g/mol. The van der Waals surface area contributed by atoms with E-state index in [2.05, 4.69) is 10.4 Å². The number of nitrogens with one attached hydrogen (secondary N) is 1. The van der Waals surface area contributed by atoms with Crippen LogP contribution in [0.3, 0.4) is 0 Å². The molecule has 0 spiro atoms. The highest BCUT2D eigenvalue weighted by atomic mass is 19.1. The number of piperidine rings is 1. The van der Waals surface area contributed by atoms with Crippen LogP contribution in [-0.2, 0) is 0 Å². The first-order valence-electron chi connectivity index (χ1n) is 6.48. The van der Waals surface area contributed by atoms with E-state index < -0.39 is 5.82 Å². The number of phenolic OH excluding ortho intramolecular Hbond substituents is 1. The van der Waals surface area contributed by atoms with E-state index >= 15 is 0 Å². The Kier molecular flexibility index (Phi) is 3.21. The fourth-order valence-electron chi connectivity index (χ4n) is 2.49. The second-order valence-electron chi connectivity index (χ2n) is 4.83. The quantitative estimate of drug-likeness (QED) is 0.872. The van der Waals surface area contributed by atoms with Crippen molar-refractivity contribution in [3.63, 3.8) is 0 Å². The number of benzene rings is 1. The Morgan fingerprint density at radius 2 is 2.11 bits per heavy atom. The van der Waals surface area contributed by atoms with E-state index in [0.29, 0.717) is 17.2 Å². The summed E-state index contributed by atoms with van der Waals surface area (Å²) in [5.74, 6) is -0.917. The second-order valence-corrected chi connectivity index (χ2v) is 4.83. The predicted octanol–water partition coefficient (Wildman–Crippen LogP) is 2.32. The first-order chi connectivity index (χ1) is 9.25. The van der Waals surface area contributed by atoms with Gasteiger partial charge >= 0.3 is 0 Å². The molecule has 0 aliphatic carbocycles. The van der Waals surface area contributed by atoms with Gasteiger partial charge in [-0.25, -0.2) is 4.39 Å². The molecule has 1 fully saturated rings. The third-order valence-corrected chi connectivity index (χ3v) is 3.57. The summed E-state index contributed by atoms with van der Waals surface area (Å²) in [4.78, 5) is 0. The van der Waals surface area contributed by atoms with Crippen LogP contribution in [0.4, 0.5) is 4.39 Å². The Morgan fingerprint density at radius 1 is 1.32 bits per heavy atom. The van der Waals surface area contributed by atoms with Crippen LogP contribution in [0, 0.1) is 5.82 Å². The van der Waals surface area contributed by atoms with Gasteiger partial charge in [0.25, 0.3) is 0 Å². The van der Waals surface area contributed by atoms with Gasteiger partial charge in [0.15, 0.2) is 11.6 Å². The van der Waals surface area contributed by atoms with Crippen LogP contribution < -0.4 is 5.32 Å². The first kappa shape index (κ1) is 12.2. The Balaban J connectivity index is 1.90. The summed E-state index contributed by atoms with van der Waals surface area (Å²) in [5, 5.41) is 17.0. The normalized spacial score (nSPS) is 16.7. The van der Waals surface area contributed by atoms with Crippen LogP contribution in [0.1, 0.15) is 18.9 Å². The molecule has 2 N–H and O–H groups in total. The zero-order valence-corrected chi connectivity index (χ0v) is 10.5. The van der Waals surface area contributed by atoms with Crippen LogP contribution in [0.25, 0.3) is 11.1 Å². The molecule has 2 aromatic rings. The smallest absolute Gasteiger partial charge is 0.172 e. The maximum absolute atomic E-state index is 13.8. The number of hydrogen-bond acceptors (Lipinski definition) is 3. The lowest BCUT2D eigenvalue weighted by Crippen LogP contribution is -2.29. The van der Waals surface area contributed by atoms with E-state index in [0.717, 1.165) is 25.9 Å². The SMILES string of the molecule is Oc1cccc(-c2cnn(C3CCNCC3)c2)c1F. The summed E-state index contributed by atoms with van der Waals surface area (Å²) in [6.07, 6.45) is 5.57. The molecule has 2 heterocycles. The molecule has 0 unspecified atom stereocenters. The molecule has 1 saturated heterocycles. The van der Waals surface area contributed by atoms with Crippen molar-refractivity contribution in [2.45, 2.75) is 18.9 Å². The summed E-state index contributed by atoms with van der Waals surface area (Å²) in [7, 11) is 0. The van der Waals surface area contributed by atoms with Gasteiger partial charge in [0.05, 0.1) is 12.2 Å². The van der Waals surface area contributed by atoms with Gasteiger partial charge in [-0.05, 0) is 32.0 Å². The number of halogens is 1. The third-order valence-electron chi connectivity index (χ3n) is 3.57. The van der Waals surface area contributed by atoms with E-state index in [4.69, 9.17) is 0 Å². The number of rotatable bonds is 2. The highest BCUT2D eigenvalue weighted by Gasteiger charge is 2.17. The van der Waals surface area contributed by atoms with E-state index in [-0.39, 0.29) is 5.75 Å². The standard InChI is InChI=1S/C14H16FN3O/c15-14-12(2-1-3-13(14)19)10-8-17-18(9-10)11-4-6-16-7-5-11/h1-3,8-9,11,16,19H,4-7H2. The van der Waals surface area contributed by atoms with Crippen molar-refractivity contribution in [3.8, 4) is 16.9 Å². The van der Waals surface area contributed by atoms with E-state index in [1.54, 1.807) is 18.3 Å². The van der Waals surface area contributed by atoms with Gasteiger partial charge in [0.1, 0.15) is 0 Å². The van der Waals surface area contributed by atoms with Crippen molar-refractivity contribution in [2.24, 2.45) is 0 Å². The highest BCUT2D eigenvalue weighted by molar-refractivity contribution is 5.64. The van der Waals surface area contributed by atoms with Gasteiger partial charge in [-0.15, -0.1) is 0 Å². The Labute approximate surface area is 110 Å². The lowest BCUT2D eigenvalue weighted by Gasteiger charge is -2.22. The Bertz CT molecular complexity index is 576. The van der Waals surface area contributed by atoms with Gasteiger partial charge in [0, 0.05) is 17.3 Å². The molecular weight excluding hydrogens is 245 g/mol.